The van der Waals surface area contributed by atoms with Crippen molar-refractivity contribution in [1.82, 2.24) is 5.32 Å². The highest BCUT2D eigenvalue weighted by Crippen LogP contribution is 2.48. The molecule has 0 radical (unpaired) electrons. The van der Waals surface area contributed by atoms with E-state index < -0.39 is 0 Å². The molecule has 1 rings (SSSR count). The first-order valence-electron chi connectivity index (χ1n) is 5.60. The van der Waals surface area contributed by atoms with Crippen LogP contribution in [0.25, 0.3) is 0 Å². The Morgan fingerprint density at radius 1 is 1.50 bits per heavy atom. The summed E-state index contributed by atoms with van der Waals surface area (Å²) in [6, 6.07) is 0. The van der Waals surface area contributed by atoms with Crippen LogP contribution in [0.1, 0.15) is 32.6 Å². The van der Waals surface area contributed by atoms with Crippen LogP contribution in [0.3, 0.4) is 0 Å². The summed E-state index contributed by atoms with van der Waals surface area (Å²) in [4.78, 5) is 0. The number of ether oxygens (including phenoxy) is 1. The molecule has 1 aliphatic carbocycles. The minimum absolute atomic E-state index is 0.187. The van der Waals surface area contributed by atoms with Crippen molar-refractivity contribution in [3.63, 3.8) is 0 Å². The third-order valence-electron chi connectivity index (χ3n) is 3.14. The summed E-state index contributed by atoms with van der Waals surface area (Å²) in [7, 11) is 1.75. The van der Waals surface area contributed by atoms with E-state index >= 15 is 0 Å². The van der Waals surface area contributed by atoms with E-state index in [1.807, 2.05) is 6.92 Å². The summed E-state index contributed by atoms with van der Waals surface area (Å²) in [6.45, 7) is 4.63. The number of rotatable bonds is 8. The molecule has 0 heterocycles. The van der Waals surface area contributed by atoms with Crippen LogP contribution in [0.5, 0.6) is 0 Å². The van der Waals surface area contributed by atoms with Gasteiger partial charge in [0.1, 0.15) is 0 Å². The van der Waals surface area contributed by atoms with E-state index in [-0.39, 0.29) is 6.10 Å². The van der Waals surface area contributed by atoms with Gasteiger partial charge in [0.2, 0.25) is 0 Å². The second kappa shape index (κ2) is 5.69. The smallest absolute Gasteiger partial charge is 0.0662 e. The van der Waals surface area contributed by atoms with Crippen LogP contribution in [0.15, 0.2) is 0 Å². The number of hydrogen-bond acceptors (Lipinski definition) is 3. The molecular formula is C11H23NO2. The molecule has 1 saturated carbocycles. The van der Waals surface area contributed by atoms with Crippen molar-refractivity contribution in [3.05, 3.63) is 0 Å². The topological polar surface area (TPSA) is 41.5 Å². The van der Waals surface area contributed by atoms with Crippen molar-refractivity contribution >= 4 is 0 Å². The zero-order chi connectivity index (χ0) is 10.4. The van der Waals surface area contributed by atoms with Crippen LogP contribution in [0.2, 0.25) is 0 Å². The van der Waals surface area contributed by atoms with Crippen LogP contribution >= 0.6 is 0 Å². The Kier molecular flexibility index (Phi) is 4.85. The quantitative estimate of drug-likeness (QED) is 0.619. The van der Waals surface area contributed by atoms with Crippen LogP contribution in [0.4, 0.5) is 0 Å². The molecule has 1 unspecified atom stereocenters. The van der Waals surface area contributed by atoms with E-state index in [1.54, 1.807) is 7.11 Å². The fourth-order valence-corrected chi connectivity index (χ4v) is 1.66. The van der Waals surface area contributed by atoms with Gasteiger partial charge >= 0.3 is 0 Å². The largest absolute Gasteiger partial charge is 0.392 e. The third-order valence-corrected chi connectivity index (χ3v) is 3.14. The lowest BCUT2D eigenvalue weighted by Crippen LogP contribution is -2.31. The Labute approximate surface area is 86.8 Å². The molecule has 0 aromatic rings. The number of aliphatic hydroxyl groups is 1. The van der Waals surface area contributed by atoms with E-state index in [0.717, 1.165) is 32.5 Å². The summed E-state index contributed by atoms with van der Waals surface area (Å²) >= 11 is 0. The predicted octanol–water partition coefficient (Wildman–Crippen LogP) is 1.16. The van der Waals surface area contributed by atoms with Gasteiger partial charge in [-0.15, -0.1) is 0 Å². The molecule has 1 fully saturated rings. The van der Waals surface area contributed by atoms with Crippen molar-refractivity contribution in [1.29, 1.82) is 0 Å². The molecule has 1 aliphatic rings. The lowest BCUT2D eigenvalue weighted by Gasteiger charge is -2.16. The molecule has 3 heteroatoms. The minimum atomic E-state index is -0.187. The van der Waals surface area contributed by atoms with Gasteiger partial charge in [0.15, 0.2) is 0 Å². The highest BCUT2D eigenvalue weighted by atomic mass is 16.5. The van der Waals surface area contributed by atoms with E-state index in [1.165, 1.54) is 12.8 Å². The molecule has 0 aromatic carbocycles. The van der Waals surface area contributed by atoms with Crippen molar-refractivity contribution in [2.24, 2.45) is 5.41 Å². The number of aliphatic hydroxyl groups excluding tert-OH is 1. The average molecular weight is 201 g/mol. The molecule has 0 aliphatic heterocycles. The lowest BCUT2D eigenvalue weighted by atomic mass is 10.0. The maximum Gasteiger partial charge on any atom is 0.0662 e. The third kappa shape index (κ3) is 3.95. The Balaban J connectivity index is 2.05. The van der Waals surface area contributed by atoms with Crippen LogP contribution in [-0.4, -0.2) is 38.0 Å². The molecular weight excluding hydrogens is 178 g/mol. The first-order valence-corrected chi connectivity index (χ1v) is 5.60. The Hall–Kier alpha value is -0.120. The molecule has 1 atom stereocenters. The standard InChI is InChI=1S/C11H23NO2/c1-3-10(13)8-12-9-11(4-5-11)6-7-14-2/h10,12-13H,3-9H2,1-2H3. The zero-order valence-electron chi connectivity index (χ0n) is 9.38. The fourth-order valence-electron chi connectivity index (χ4n) is 1.66. The highest BCUT2D eigenvalue weighted by molar-refractivity contribution is 4.94. The van der Waals surface area contributed by atoms with Crippen molar-refractivity contribution in [2.45, 2.75) is 38.7 Å². The molecule has 0 saturated heterocycles. The van der Waals surface area contributed by atoms with Crippen LogP contribution in [-0.2, 0) is 4.74 Å². The molecule has 14 heavy (non-hydrogen) atoms. The Morgan fingerprint density at radius 2 is 2.21 bits per heavy atom. The molecule has 0 spiro atoms. The number of methoxy groups -OCH3 is 1. The van der Waals surface area contributed by atoms with Crippen LogP contribution < -0.4 is 5.32 Å². The van der Waals surface area contributed by atoms with Gasteiger partial charge in [-0.05, 0) is 31.1 Å². The van der Waals surface area contributed by atoms with Crippen molar-refractivity contribution in [3.8, 4) is 0 Å². The fraction of sp³-hybridized carbons (Fsp3) is 1.00. The summed E-state index contributed by atoms with van der Waals surface area (Å²) in [5.41, 5.74) is 0.490. The lowest BCUT2D eigenvalue weighted by molar-refractivity contribution is 0.155. The SMILES string of the molecule is CCC(O)CNCC1(CCOC)CC1. The first-order chi connectivity index (χ1) is 6.72. The summed E-state index contributed by atoms with van der Waals surface area (Å²) in [5.74, 6) is 0. The van der Waals surface area contributed by atoms with Gasteiger partial charge in [-0.1, -0.05) is 6.92 Å². The van der Waals surface area contributed by atoms with Gasteiger partial charge in [0, 0.05) is 26.8 Å². The predicted molar refractivity (Wildman–Crippen MR) is 57.3 cm³/mol. The summed E-state index contributed by atoms with van der Waals surface area (Å²) in [5, 5.41) is 12.7. The van der Waals surface area contributed by atoms with Gasteiger partial charge in [-0.25, -0.2) is 0 Å². The number of hydrogen-bond donors (Lipinski definition) is 2. The molecule has 0 aromatic heterocycles. The summed E-state index contributed by atoms with van der Waals surface area (Å²) in [6.07, 6.45) is 4.42. The molecule has 3 nitrogen and oxygen atoms in total. The van der Waals surface area contributed by atoms with Crippen molar-refractivity contribution in [2.75, 3.05) is 26.8 Å². The van der Waals surface area contributed by atoms with Gasteiger partial charge in [0.05, 0.1) is 6.10 Å². The maximum absolute atomic E-state index is 9.36. The second-order valence-corrected chi connectivity index (χ2v) is 4.44. The van der Waals surface area contributed by atoms with E-state index in [0.29, 0.717) is 5.41 Å². The van der Waals surface area contributed by atoms with E-state index in [9.17, 15) is 5.11 Å². The minimum Gasteiger partial charge on any atom is -0.392 e. The average Bonchev–Trinajstić information content (AvgIpc) is 2.95. The maximum atomic E-state index is 9.36. The van der Waals surface area contributed by atoms with Gasteiger partial charge < -0.3 is 15.2 Å². The highest BCUT2D eigenvalue weighted by Gasteiger charge is 2.41. The van der Waals surface area contributed by atoms with E-state index in [4.69, 9.17) is 4.74 Å². The van der Waals surface area contributed by atoms with Gasteiger partial charge in [0.25, 0.3) is 0 Å². The molecule has 0 amide bonds. The zero-order valence-corrected chi connectivity index (χ0v) is 9.38. The molecule has 84 valence electrons. The molecule has 2 N–H and O–H groups in total. The van der Waals surface area contributed by atoms with E-state index in [2.05, 4.69) is 5.32 Å². The normalized spacial score (nSPS) is 20.8. The number of nitrogens with one attached hydrogen (secondary N) is 1. The Bertz CT molecular complexity index is 157. The van der Waals surface area contributed by atoms with Crippen molar-refractivity contribution < 1.29 is 9.84 Å². The Morgan fingerprint density at radius 3 is 2.71 bits per heavy atom. The van der Waals surface area contributed by atoms with Crippen LogP contribution in [0, 0.1) is 5.41 Å². The monoisotopic (exact) mass is 201 g/mol. The summed E-state index contributed by atoms with van der Waals surface area (Å²) < 4.78 is 5.09. The molecule has 0 bridgehead atoms. The van der Waals surface area contributed by atoms with Gasteiger partial charge in [-0.3, -0.25) is 0 Å². The van der Waals surface area contributed by atoms with Gasteiger partial charge in [-0.2, -0.15) is 0 Å². The first kappa shape index (κ1) is 12.0. The second-order valence-electron chi connectivity index (χ2n) is 4.44.